The average molecular weight is 363 g/mol. The summed E-state index contributed by atoms with van der Waals surface area (Å²) in [6.45, 7) is 0.900. The highest BCUT2D eigenvalue weighted by Gasteiger charge is 2.31. The van der Waals surface area contributed by atoms with Crippen molar-refractivity contribution in [2.75, 3.05) is 25.7 Å². The molecule has 0 bridgehead atoms. The Morgan fingerprint density at radius 2 is 2.08 bits per heavy atom. The van der Waals surface area contributed by atoms with Gasteiger partial charge in [-0.3, -0.25) is 4.79 Å². The van der Waals surface area contributed by atoms with Gasteiger partial charge in [0.05, 0.1) is 37.1 Å². The Morgan fingerprint density at radius 3 is 2.72 bits per heavy atom. The van der Waals surface area contributed by atoms with Gasteiger partial charge in [0.15, 0.2) is 0 Å². The van der Waals surface area contributed by atoms with Gasteiger partial charge in [-0.2, -0.15) is 0 Å². The van der Waals surface area contributed by atoms with Crippen molar-refractivity contribution in [3.8, 4) is 5.75 Å². The molecule has 1 N–H and O–H groups in total. The molecule has 0 aliphatic carbocycles. The second-order valence-electron chi connectivity index (χ2n) is 6.25. The van der Waals surface area contributed by atoms with Crippen LogP contribution in [0.1, 0.15) is 29.3 Å². The molecule has 1 amide bonds. The minimum absolute atomic E-state index is 0.00234. The number of aromatic amines is 1. The highest BCUT2D eigenvalue weighted by atomic mass is 32.2. The van der Waals surface area contributed by atoms with Gasteiger partial charge in [-0.1, -0.05) is 12.1 Å². The third-order valence-corrected chi connectivity index (χ3v) is 5.34. The molecule has 2 heterocycles. The molecule has 0 saturated carbocycles. The highest BCUT2D eigenvalue weighted by molar-refractivity contribution is 7.90. The standard InChI is InChI=1S/C17H21N3O4S/c1-24-13-5-3-12(4-6-13)14-9-20(10-15-17(14)19-11-18-15)16(21)7-8-25(2,22)23/h3-6,11,14H,7-10H2,1-2H3,(H,18,19). The third kappa shape index (κ3) is 4.01. The van der Waals surface area contributed by atoms with E-state index in [0.29, 0.717) is 13.1 Å². The van der Waals surface area contributed by atoms with E-state index >= 15 is 0 Å². The molecule has 134 valence electrons. The number of imidazole rings is 1. The third-order valence-electron chi connectivity index (χ3n) is 4.39. The van der Waals surface area contributed by atoms with Gasteiger partial charge in [-0.15, -0.1) is 0 Å². The molecule has 1 atom stereocenters. The van der Waals surface area contributed by atoms with Crippen LogP contribution in [0.15, 0.2) is 30.6 Å². The lowest BCUT2D eigenvalue weighted by Crippen LogP contribution is -2.39. The number of sulfone groups is 1. The van der Waals surface area contributed by atoms with Gasteiger partial charge in [-0.05, 0) is 17.7 Å². The fourth-order valence-electron chi connectivity index (χ4n) is 3.04. The van der Waals surface area contributed by atoms with E-state index in [1.165, 1.54) is 0 Å². The van der Waals surface area contributed by atoms with Crippen LogP contribution in [-0.2, 0) is 21.2 Å². The van der Waals surface area contributed by atoms with Crippen molar-refractivity contribution in [3.05, 3.63) is 47.5 Å². The molecule has 3 rings (SSSR count). The number of hydrogen-bond donors (Lipinski definition) is 1. The van der Waals surface area contributed by atoms with Crippen molar-refractivity contribution in [1.82, 2.24) is 14.9 Å². The van der Waals surface area contributed by atoms with Crippen LogP contribution >= 0.6 is 0 Å². The van der Waals surface area contributed by atoms with Gasteiger partial charge < -0.3 is 14.6 Å². The number of ether oxygens (including phenoxy) is 1. The van der Waals surface area contributed by atoms with E-state index in [9.17, 15) is 13.2 Å². The van der Waals surface area contributed by atoms with Crippen LogP contribution < -0.4 is 4.74 Å². The molecular weight excluding hydrogens is 342 g/mol. The molecule has 7 nitrogen and oxygen atoms in total. The minimum Gasteiger partial charge on any atom is -0.497 e. The number of nitrogens with zero attached hydrogens (tertiary/aromatic N) is 2. The average Bonchev–Trinajstić information content (AvgIpc) is 3.07. The molecule has 0 fully saturated rings. The molecule has 1 aromatic heterocycles. The predicted octanol–water partition coefficient (Wildman–Crippen LogP) is 1.33. The number of amides is 1. The van der Waals surface area contributed by atoms with Crippen molar-refractivity contribution in [1.29, 1.82) is 0 Å². The number of aromatic nitrogens is 2. The monoisotopic (exact) mass is 363 g/mol. The fraction of sp³-hybridized carbons (Fsp3) is 0.412. The number of carbonyl (C=O) groups excluding carboxylic acids is 1. The summed E-state index contributed by atoms with van der Waals surface area (Å²) in [6, 6.07) is 7.69. The van der Waals surface area contributed by atoms with Gasteiger partial charge >= 0.3 is 0 Å². The number of H-pyrrole nitrogens is 1. The Morgan fingerprint density at radius 1 is 1.36 bits per heavy atom. The maximum atomic E-state index is 12.5. The second kappa shape index (κ2) is 6.87. The zero-order valence-corrected chi connectivity index (χ0v) is 15.0. The topological polar surface area (TPSA) is 92.4 Å². The number of methoxy groups -OCH3 is 1. The summed E-state index contributed by atoms with van der Waals surface area (Å²) in [4.78, 5) is 21.7. The molecule has 8 heteroatoms. The first-order chi connectivity index (χ1) is 11.9. The summed E-state index contributed by atoms with van der Waals surface area (Å²) >= 11 is 0. The minimum atomic E-state index is -3.16. The van der Waals surface area contributed by atoms with Gasteiger partial charge in [0.1, 0.15) is 15.6 Å². The summed E-state index contributed by atoms with van der Waals surface area (Å²) in [5, 5.41) is 0. The van der Waals surface area contributed by atoms with Crippen LogP contribution in [-0.4, -0.2) is 54.9 Å². The summed E-state index contributed by atoms with van der Waals surface area (Å²) in [6.07, 6.45) is 2.77. The number of carbonyl (C=O) groups is 1. The van der Waals surface area contributed by atoms with Crippen LogP contribution in [0.3, 0.4) is 0 Å². The van der Waals surface area contributed by atoms with Gasteiger partial charge in [0, 0.05) is 25.1 Å². The van der Waals surface area contributed by atoms with E-state index in [-0.39, 0.29) is 24.0 Å². The van der Waals surface area contributed by atoms with Crippen molar-refractivity contribution >= 4 is 15.7 Å². The molecule has 25 heavy (non-hydrogen) atoms. The molecule has 1 aliphatic rings. The van der Waals surface area contributed by atoms with Crippen LogP contribution in [0.2, 0.25) is 0 Å². The first-order valence-electron chi connectivity index (χ1n) is 7.99. The zero-order valence-electron chi connectivity index (χ0n) is 14.2. The van der Waals surface area contributed by atoms with E-state index in [4.69, 9.17) is 4.74 Å². The first-order valence-corrected chi connectivity index (χ1v) is 10.0. The molecule has 0 saturated heterocycles. The molecule has 1 aliphatic heterocycles. The summed E-state index contributed by atoms with van der Waals surface area (Å²) in [5.74, 6) is 0.418. The highest BCUT2D eigenvalue weighted by Crippen LogP contribution is 2.32. The van der Waals surface area contributed by atoms with E-state index in [0.717, 1.165) is 29.0 Å². The molecular formula is C17H21N3O4S. The van der Waals surface area contributed by atoms with Crippen LogP contribution in [0.25, 0.3) is 0 Å². The SMILES string of the molecule is COc1ccc(C2CN(C(=O)CCS(C)(=O)=O)Cc3[nH]cnc32)cc1. The number of hydrogen-bond acceptors (Lipinski definition) is 5. The maximum absolute atomic E-state index is 12.5. The quantitative estimate of drug-likeness (QED) is 0.865. The Bertz CT molecular complexity index is 858. The van der Waals surface area contributed by atoms with Crippen molar-refractivity contribution in [3.63, 3.8) is 0 Å². The van der Waals surface area contributed by atoms with E-state index in [2.05, 4.69) is 9.97 Å². The maximum Gasteiger partial charge on any atom is 0.223 e. The van der Waals surface area contributed by atoms with Crippen molar-refractivity contribution < 1.29 is 17.9 Å². The summed E-state index contributed by atoms with van der Waals surface area (Å²) in [7, 11) is -1.55. The molecule has 1 unspecified atom stereocenters. The number of nitrogens with one attached hydrogen (secondary N) is 1. The number of fused-ring (bicyclic) bond motifs is 1. The lowest BCUT2D eigenvalue weighted by atomic mass is 9.90. The van der Waals surface area contributed by atoms with Crippen LogP contribution in [0.4, 0.5) is 0 Å². The van der Waals surface area contributed by atoms with Gasteiger partial charge in [-0.25, -0.2) is 13.4 Å². The fourth-order valence-corrected chi connectivity index (χ4v) is 3.59. The van der Waals surface area contributed by atoms with Crippen LogP contribution in [0.5, 0.6) is 5.75 Å². The summed E-state index contributed by atoms with van der Waals surface area (Å²) < 4.78 is 27.8. The molecule has 0 radical (unpaired) electrons. The lowest BCUT2D eigenvalue weighted by Gasteiger charge is -2.32. The molecule has 2 aromatic rings. The van der Waals surface area contributed by atoms with Gasteiger partial charge in [0.25, 0.3) is 0 Å². The van der Waals surface area contributed by atoms with Crippen LogP contribution in [0, 0.1) is 0 Å². The number of rotatable bonds is 5. The largest absolute Gasteiger partial charge is 0.497 e. The smallest absolute Gasteiger partial charge is 0.223 e. The predicted molar refractivity (Wildman–Crippen MR) is 93.2 cm³/mol. The lowest BCUT2D eigenvalue weighted by molar-refractivity contribution is -0.132. The normalized spacial score (nSPS) is 17.2. The second-order valence-corrected chi connectivity index (χ2v) is 8.51. The first kappa shape index (κ1) is 17.5. The van der Waals surface area contributed by atoms with Gasteiger partial charge in [0.2, 0.25) is 5.91 Å². The molecule has 1 aromatic carbocycles. The van der Waals surface area contributed by atoms with Crippen molar-refractivity contribution in [2.24, 2.45) is 0 Å². The molecule has 0 spiro atoms. The van der Waals surface area contributed by atoms with E-state index in [1.54, 1.807) is 18.3 Å². The summed E-state index contributed by atoms with van der Waals surface area (Å²) in [5.41, 5.74) is 2.85. The Kier molecular flexibility index (Phi) is 4.80. The number of benzene rings is 1. The van der Waals surface area contributed by atoms with E-state index in [1.807, 2.05) is 24.3 Å². The Labute approximate surface area is 146 Å². The van der Waals surface area contributed by atoms with Crippen molar-refractivity contribution in [2.45, 2.75) is 18.9 Å². The Balaban J connectivity index is 1.82. The Hall–Kier alpha value is -2.35. The zero-order chi connectivity index (χ0) is 18.0. The van der Waals surface area contributed by atoms with E-state index < -0.39 is 9.84 Å².